The van der Waals surface area contributed by atoms with Crippen molar-refractivity contribution in [1.82, 2.24) is 14.7 Å². The number of nitrogens with one attached hydrogen (secondary N) is 2. The first kappa shape index (κ1) is 16.8. The van der Waals surface area contributed by atoms with Crippen molar-refractivity contribution in [3.63, 3.8) is 0 Å². The number of amides is 2. The van der Waals surface area contributed by atoms with E-state index in [1.807, 2.05) is 79.1 Å². The fourth-order valence-corrected chi connectivity index (χ4v) is 2.82. The third-order valence-electron chi connectivity index (χ3n) is 4.02. The Balaban J connectivity index is 1.52. The van der Waals surface area contributed by atoms with Crippen LogP contribution in [0, 0.1) is 6.92 Å². The van der Waals surface area contributed by atoms with Gasteiger partial charge in [-0.05, 0) is 42.8 Å². The Morgan fingerprint density at radius 2 is 2.08 bits per heavy atom. The minimum atomic E-state index is -0.208. The summed E-state index contributed by atoms with van der Waals surface area (Å²) in [4.78, 5) is 18.6. The van der Waals surface area contributed by atoms with Gasteiger partial charge in [-0.2, -0.15) is 0 Å². The largest absolute Gasteiger partial charge is 0.377 e. The zero-order valence-corrected chi connectivity index (χ0v) is 14.8. The molecule has 0 aliphatic heterocycles. The smallest absolute Gasteiger partial charge is 0.319 e. The van der Waals surface area contributed by atoms with Crippen LogP contribution in [0.3, 0.4) is 0 Å². The second-order valence-corrected chi connectivity index (χ2v) is 6.22. The van der Waals surface area contributed by atoms with Gasteiger partial charge < -0.3 is 19.9 Å². The number of aromatic nitrogens is 2. The lowest BCUT2D eigenvalue weighted by atomic mass is 10.1. The molecule has 25 heavy (non-hydrogen) atoms. The van der Waals surface area contributed by atoms with Crippen LogP contribution in [-0.4, -0.2) is 36.1 Å². The van der Waals surface area contributed by atoms with E-state index in [-0.39, 0.29) is 6.03 Å². The van der Waals surface area contributed by atoms with Gasteiger partial charge in [0.1, 0.15) is 5.65 Å². The molecule has 1 aromatic carbocycles. The fourth-order valence-electron chi connectivity index (χ4n) is 2.82. The van der Waals surface area contributed by atoms with Crippen molar-refractivity contribution in [3.8, 4) is 0 Å². The average Bonchev–Trinajstić information content (AvgIpc) is 2.97. The molecule has 2 amide bonds. The van der Waals surface area contributed by atoms with E-state index in [9.17, 15) is 4.79 Å². The second kappa shape index (κ2) is 7.25. The lowest BCUT2D eigenvalue weighted by Crippen LogP contribution is -2.30. The Hall–Kier alpha value is -3.02. The summed E-state index contributed by atoms with van der Waals surface area (Å²) in [5.41, 5.74) is 4.91. The van der Waals surface area contributed by atoms with E-state index < -0.39 is 0 Å². The number of aryl methyl sites for hydroxylation is 1. The maximum Gasteiger partial charge on any atom is 0.319 e. The summed E-state index contributed by atoms with van der Waals surface area (Å²) in [6.45, 7) is 2.56. The van der Waals surface area contributed by atoms with E-state index in [0.29, 0.717) is 13.0 Å². The van der Waals surface area contributed by atoms with E-state index in [1.54, 1.807) is 0 Å². The van der Waals surface area contributed by atoms with Crippen LogP contribution in [0.1, 0.15) is 11.3 Å². The number of carbonyl (C=O) groups excluding carboxylic acids is 1. The molecular formula is C19H23N5O. The van der Waals surface area contributed by atoms with Gasteiger partial charge in [0.15, 0.2) is 0 Å². The maximum atomic E-state index is 12.0. The maximum absolute atomic E-state index is 12.0. The highest BCUT2D eigenvalue weighted by Gasteiger charge is 2.06. The summed E-state index contributed by atoms with van der Waals surface area (Å²) < 4.78 is 1.98. The van der Waals surface area contributed by atoms with Crippen LogP contribution in [0.2, 0.25) is 0 Å². The first-order valence-corrected chi connectivity index (χ1v) is 8.28. The van der Waals surface area contributed by atoms with Crippen molar-refractivity contribution in [2.24, 2.45) is 0 Å². The molecule has 0 atom stereocenters. The molecule has 0 aliphatic carbocycles. The van der Waals surface area contributed by atoms with E-state index in [1.165, 1.54) is 0 Å². The first-order chi connectivity index (χ1) is 12.0. The van der Waals surface area contributed by atoms with E-state index in [4.69, 9.17) is 0 Å². The number of hydrogen-bond donors (Lipinski definition) is 2. The highest BCUT2D eigenvalue weighted by Crippen LogP contribution is 2.21. The predicted molar refractivity (Wildman–Crippen MR) is 101 cm³/mol. The fraction of sp³-hybridized carbons (Fsp3) is 0.263. The summed E-state index contributed by atoms with van der Waals surface area (Å²) >= 11 is 0. The molecule has 0 saturated carbocycles. The molecule has 0 unspecified atom stereocenters. The zero-order chi connectivity index (χ0) is 17.8. The standard InChI is InChI=1S/C19H23N5O/c1-14-12-15(7-8-17(14)23(2)3)22-19(25)20-10-9-16-13-24-11-5-4-6-18(24)21-16/h4-8,11-13H,9-10H2,1-3H3,(H2,20,22,25). The van der Waals surface area contributed by atoms with Gasteiger partial charge in [-0.15, -0.1) is 0 Å². The van der Waals surface area contributed by atoms with Crippen molar-refractivity contribution < 1.29 is 4.79 Å². The molecule has 2 N–H and O–H groups in total. The van der Waals surface area contributed by atoms with Crippen LogP contribution >= 0.6 is 0 Å². The number of imidazole rings is 1. The molecule has 0 radical (unpaired) electrons. The SMILES string of the molecule is Cc1cc(NC(=O)NCCc2cn3ccccc3n2)ccc1N(C)C. The molecule has 6 nitrogen and oxygen atoms in total. The molecule has 0 aliphatic rings. The Bertz CT molecular complexity index is 851. The van der Waals surface area contributed by atoms with Gasteiger partial charge in [-0.1, -0.05) is 6.07 Å². The number of rotatable bonds is 5. The third-order valence-corrected chi connectivity index (χ3v) is 4.02. The average molecular weight is 337 g/mol. The number of benzene rings is 1. The highest BCUT2D eigenvalue weighted by molar-refractivity contribution is 5.89. The molecule has 0 fully saturated rings. The molecule has 6 heteroatoms. The van der Waals surface area contributed by atoms with Crippen LogP contribution in [0.4, 0.5) is 16.2 Å². The van der Waals surface area contributed by atoms with Crippen LogP contribution in [-0.2, 0) is 6.42 Å². The molecule has 130 valence electrons. The monoisotopic (exact) mass is 337 g/mol. The molecule has 3 rings (SSSR count). The van der Waals surface area contributed by atoms with Crippen molar-refractivity contribution >= 4 is 23.1 Å². The summed E-state index contributed by atoms with van der Waals surface area (Å²) in [5, 5.41) is 5.74. The number of fused-ring (bicyclic) bond motifs is 1. The van der Waals surface area contributed by atoms with Gasteiger partial charge in [0.25, 0.3) is 0 Å². The number of carbonyl (C=O) groups is 1. The van der Waals surface area contributed by atoms with Crippen molar-refractivity contribution in [2.75, 3.05) is 30.9 Å². The van der Waals surface area contributed by atoms with Gasteiger partial charge in [0.2, 0.25) is 0 Å². The van der Waals surface area contributed by atoms with Crippen LogP contribution < -0.4 is 15.5 Å². The first-order valence-electron chi connectivity index (χ1n) is 8.28. The molecule has 3 aromatic rings. The number of pyridine rings is 1. The summed E-state index contributed by atoms with van der Waals surface area (Å²) in [6, 6.07) is 11.6. The molecule has 2 heterocycles. The molecule has 2 aromatic heterocycles. The zero-order valence-electron chi connectivity index (χ0n) is 14.8. The van der Waals surface area contributed by atoms with Gasteiger partial charge in [0.05, 0.1) is 5.69 Å². The Morgan fingerprint density at radius 1 is 1.24 bits per heavy atom. The predicted octanol–water partition coefficient (Wildman–Crippen LogP) is 3.07. The quantitative estimate of drug-likeness (QED) is 0.752. The van der Waals surface area contributed by atoms with Gasteiger partial charge >= 0.3 is 6.03 Å². The summed E-state index contributed by atoms with van der Waals surface area (Å²) in [6.07, 6.45) is 4.64. The number of hydrogen-bond acceptors (Lipinski definition) is 3. The second-order valence-electron chi connectivity index (χ2n) is 6.22. The van der Waals surface area contributed by atoms with Crippen molar-refractivity contribution in [2.45, 2.75) is 13.3 Å². The van der Waals surface area contributed by atoms with E-state index in [2.05, 4.69) is 15.6 Å². The van der Waals surface area contributed by atoms with E-state index in [0.717, 1.165) is 28.3 Å². The number of nitrogens with zero attached hydrogens (tertiary/aromatic N) is 3. The normalized spacial score (nSPS) is 10.7. The van der Waals surface area contributed by atoms with Crippen molar-refractivity contribution in [3.05, 3.63) is 60.0 Å². The van der Waals surface area contributed by atoms with E-state index >= 15 is 0 Å². The molecule has 0 saturated heterocycles. The Morgan fingerprint density at radius 3 is 2.80 bits per heavy atom. The number of anilines is 2. The lowest BCUT2D eigenvalue weighted by Gasteiger charge is -2.16. The Labute approximate surface area is 147 Å². The molecule has 0 bridgehead atoms. The van der Waals surface area contributed by atoms with Gasteiger partial charge in [-0.3, -0.25) is 0 Å². The minimum absolute atomic E-state index is 0.208. The van der Waals surface area contributed by atoms with Crippen LogP contribution in [0.5, 0.6) is 0 Å². The number of urea groups is 1. The Kier molecular flexibility index (Phi) is 4.88. The lowest BCUT2D eigenvalue weighted by molar-refractivity contribution is 0.252. The van der Waals surface area contributed by atoms with Crippen molar-refractivity contribution in [1.29, 1.82) is 0 Å². The van der Waals surface area contributed by atoms with Crippen LogP contribution in [0.25, 0.3) is 5.65 Å². The minimum Gasteiger partial charge on any atom is -0.377 e. The molecular weight excluding hydrogens is 314 g/mol. The third kappa shape index (κ3) is 4.09. The summed E-state index contributed by atoms with van der Waals surface area (Å²) in [5.74, 6) is 0. The summed E-state index contributed by atoms with van der Waals surface area (Å²) in [7, 11) is 4.00. The van der Waals surface area contributed by atoms with Crippen LogP contribution in [0.15, 0.2) is 48.8 Å². The highest BCUT2D eigenvalue weighted by atomic mass is 16.2. The topological polar surface area (TPSA) is 61.7 Å². The van der Waals surface area contributed by atoms with Gasteiger partial charge in [-0.25, -0.2) is 9.78 Å². The van der Waals surface area contributed by atoms with Gasteiger partial charge in [0, 0.05) is 50.8 Å². The molecule has 0 spiro atoms.